The lowest BCUT2D eigenvalue weighted by Gasteiger charge is -2.15. The zero-order chi connectivity index (χ0) is 15.1. The van der Waals surface area contributed by atoms with Crippen LogP contribution in [0.3, 0.4) is 0 Å². The number of hydrogen-bond acceptors (Lipinski definition) is 3. The number of fused-ring (bicyclic) bond motifs is 3. The van der Waals surface area contributed by atoms with Crippen molar-refractivity contribution in [2.24, 2.45) is 0 Å². The summed E-state index contributed by atoms with van der Waals surface area (Å²) in [6, 6.07) is 7.09. The molecule has 2 N–H and O–H groups in total. The Morgan fingerprint density at radius 1 is 1.57 bits per heavy atom. The molecule has 0 aliphatic rings. The number of aromatic nitrogens is 2. The summed E-state index contributed by atoms with van der Waals surface area (Å²) in [6.07, 6.45) is 0.495. The average Bonchev–Trinajstić information content (AvgIpc) is 2.85. The third-order valence-electron chi connectivity index (χ3n) is 3.34. The van der Waals surface area contributed by atoms with Crippen molar-refractivity contribution in [2.45, 2.75) is 0 Å². The number of pyridine rings is 1. The number of H-pyrrole nitrogens is 1. The van der Waals surface area contributed by atoms with Crippen LogP contribution < -0.4 is 4.90 Å². The minimum Gasteiger partial charge on any atom is -0.465 e. The van der Waals surface area contributed by atoms with Crippen LogP contribution in [-0.2, 0) is 0 Å². The zero-order valence-corrected chi connectivity index (χ0v) is 11.6. The summed E-state index contributed by atoms with van der Waals surface area (Å²) >= 11 is 6.14. The van der Waals surface area contributed by atoms with Crippen molar-refractivity contribution in [3.8, 4) is 6.07 Å². The Kier molecular flexibility index (Phi) is 2.92. The lowest BCUT2D eigenvalue weighted by molar-refractivity contribution is 0.203. The molecule has 1 aromatic carbocycles. The number of hydrogen-bond donors (Lipinski definition) is 2. The van der Waals surface area contributed by atoms with Crippen LogP contribution in [0.1, 0.15) is 5.56 Å². The Labute approximate surface area is 124 Å². The monoisotopic (exact) mass is 300 g/mol. The third-order valence-corrected chi connectivity index (χ3v) is 3.64. The van der Waals surface area contributed by atoms with Gasteiger partial charge >= 0.3 is 6.09 Å². The molecule has 6 nitrogen and oxygen atoms in total. The zero-order valence-electron chi connectivity index (χ0n) is 10.9. The molecule has 104 valence electrons. The van der Waals surface area contributed by atoms with Crippen molar-refractivity contribution in [3.63, 3.8) is 0 Å². The van der Waals surface area contributed by atoms with Gasteiger partial charge in [0.05, 0.1) is 21.8 Å². The number of halogens is 1. The van der Waals surface area contributed by atoms with Gasteiger partial charge in [0, 0.05) is 24.0 Å². The number of anilines is 1. The summed E-state index contributed by atoms with van der Waals surface area (Å²) in [5.41, 5.74) is 1.77. The van der Waals surface area contributed by atoms with Crippen LogP contribution in [0.5, 0.6) is 0 Å². The van der Waals surface area contributed by atoms with Crippen LogP contribution in [0.2, 0.25) is 5.02 Å². The van der Waals surface area contributed by atoms with Crippen LogP contribution in [0, 0.1) is 11.3 Å². The molecule has 0 radical (unpaired) electrons. The van der Waals surface area contributed by atoms with Gasteiger partial charge in [-0.25, -0.2) is 9.78 Å². The molecule has 0 spiro atoms. The number of rotatable bonds is 1. The first-order chi connectivity index (χ1) is 10.0. The van der Waals surface area contributed by atoms with Crippen molar-refractivity contribution in [3.05, 3.63) is 35.0 Å². The third kappa shape index (κ3) is 1.87. The Balaban J connectivity index is 2.53. The maximum atomic E-state index is 11.2. The van der Waals surface area contributed by atoms with E-state index in [0.717, 1.165) is 10.3 Å². The van der Waals surface area contributed by atoms with Crippen LogP contribution in [0.4, 0.5) is 10.5 Å². The van der Waals surface area contributed by atoms with Crippen molar-refractivity contribution in [1.82, 2.24) is 9.97 Å². The molecule has 2 heterocycles. The summed E-state index contributed by atoms with van der Waals surface area (Å²) in [4.78, 5) is 19.5. The molecular weight excluding hydrogens is 292 g/mol. The van der Waals surface area contributed by atoms with Gasteiger partial charge < -0.3 is 10.1 Å². The second-order valence-corrected chi connectivity index (χ2v) is 4.89. The molecule has 3 rings (SSSR count). The number of carboxylic acid groups (broad SMARTS) is 1. The van der Waals surface area contributed by atoms with Gasteiger partial charge in [0.1, 0.15) is 11.7 Å². The SMILES string of the molecule is CN(C(=O)O)c1cc(Cl)c(C#N)c2c1[nH]c1ncccc12. The molecule has 0 aliphatic heterocycles. The molecule has 0 aliphatic carbocycles. The van der Waals surface area contributed by atoms with E-state index in [-0.39, 0.29) is 5.02 Å². The largest absolute Gasteiger partial charge is 0.465 e. The molecule has 7 heteroatoms. The highest BCUT2D eigenvalue weighted by Gasteiger charge is 2.20. The van der Waals surface area contributed by atoms with E-state index in [1.165, 1.54) is 13.1 Å². The van der Waals surface area contributed by atoms with Gasteiger partial charge in [-0.15, -0.1) is 0 Å². The molecule has 0 fully saturated rings. The normalized spacial score (nSPS) is 10.7. The summed E-state index contributed by atoms with van der Waals surface area (Å²) in [6.45, 7) is 0. The number of aromatic amines is 1. The number of benzene rings is 1. The van der Waals surface area contributed by atoms with Crippen LogP contribution in [0.25, 0.3) is 21.9 Å². The number of carbonyl (C=O) groups is 1. The second-order valence-electron chi connectivity index (χ2n) is 4.48. The fourth-order valence-electron chi connectivity index (χ4n) is 2.33. The van der Waals surface area contributed by atoms with E-state index in [9.17, 15) is 15.2 Å². The fourth-order valence-corrected chi connectivity index (χ4v) is 2.57. The summed E-state index contributed by atoms with van der Waals surface area (Å²) in [7, 11) is 1.42. The van der Waals surface area contributed by atoms with Gasteiger partial charge in [0.25, 0.3) is 0 Å². The Morgan fingerprint density at radius 3 is 3.00 bits per heavy atom. The Hall–Kier alpha value is -2.78. The fraction of sp³-hybridized carbons (Fsp3) is 0.0714. The van der Waals surface area contributed by atoms with Crippen molar-refractivity contribution >= 4 is 45.3 Å². The summed E-state index contributed by atoms with van der Waals surface area (Å²) in [5, 5.41) is 20.0. The summed E-state index contributed by atoms with van der Waals surface area (Å²) in [5.74, 6) is 0. The molecule has 0 saturated heterocycles. The van der Waals surface area contributed by atoms with Crippen LogP contribution in [0.15, 0.2) is 24.4 Å². The minimum atomic E-state index is -1.12. The van der Waals surface area contributed by atoms with Gasteiger partial charge in [0.2, 0.25) is 0 Å². The quantitative estimate of drug-likeness (QED) is 0.720. The highest BCUT2D eigenvalue weighted by Crippen LogP contribution is 2.37. The standard InChI is InChI=1S/C14H9ClN4O2/c1-19(14(20)21)10-5-9(15)8(6-16)11-7-3-2-4-17-13(7)18-12(10)11/h2-5H,1H3,(H,17,18)(H,20,21). The van der Waals surface area contributed by atoms with Crippen molar-refractivity contribution in [1.29, 1.82) is 5.26 Å². The minimum absolute atomic E-state index is 0.206. The van der Waals surface area contributed by atoms with E-state index in [1.54, 1.807) is 12.3 Å². The average molecular weight is 301 g/mol. The topological polar surface area (TPSA) is 93.0 Å². The van der Waals surface area contributed by atoms with Gasteiger partial charge in [-0.05, 0) is 18.2 Å². The molecule has 0 bridgehead atoms. The van der Waals surface area contributed by atoms with Gasteiger partial charge in [-0.2, -0.15) is 5.26 Å². The lowest BCUT2D eigenvalue weighted by Crippen LogP contribution is -2.24. The summed E-state index contributed by atoms with van der Waals surface area (Å²) < 4.78 is 0. The first-order valence-electron chi connectivity index (χ1n) is 6.00. The highest BCUT2D eigenvalue weighted by molar-refractivity contribution is 6.34. The van der Waals surface area contributed by atoms with Crippen molar-refractivity contribution in [2.75, 3.05) is 11.9 Å². The second kappa shape index (κ2) is 4.65. The molecular formula is C14H9ClN4O2. The smallest absolute Gasteiger partial charge is 0.411 e. The molecule has 0 saturated carbocycles. The van der Waals surface area contributed by atoms with E-state index >= 15 is 0 Å². The van der Waals surface area contributed by atoms with E-state index in [0.29, 0.717) is 27.8 Å². The van der Waals surface area contributed by atoms with Gasteiger partial charge in [-0.3, -0.25) is 4.90 Å². The van der Waals surface area contributed by atoms with E-state index in [1.807, 2.05) is 6.07 Å². The maximum Gasteiger partial charge on any atom is 0.411 e. The Morgan fingerprint density at radius 2 is 2.33 bits per heavy atom. The number of amides is 1. The lowest BCUT2D eigenvalue weighted by atomic mass is 10.1. The molecule has 21 heavy (non-hydrogen) atoms. The highest BCUT2D eigenvalue weighted by atomic mass is 35.5. The first-order valence-corrected chi connectivity index (χ1v) is 6.38. The van der Waals surface area contributed by atoms with E-state index in [4.69, 9.17) is 11.6 Å². The van der Waals surface area contributed by atoms with Crippen LogP contribution in [-0.4, -0.2) is 28.2 Å². The van der Waals surface area contributed by atoms with Crippen molar-refractivity contribution < 1.29 is 9.90 Å². The Bertz CT molecular complexity index is 926. The molecule has 2 aromatic heterocycles. The number of nitriles is 1. The molecule has 1 amide bonds. The van der Waals surface area contributed by atoms with Gasteiger partial charge in [-0.1, -0.05) is 11.6 Å². The first kappa shape index (κ1) is 13.2. The molecule has 3 aromatic rings. The number of nitrogens with one attached hydrogen (secondary N) is 1. The molecule has 0 atom stereocenters. The van der Waals surface area contributed by atoms with E-state index in [2.05, 4.69) is 16.0 Å². The number of nitrogens with zero attached hydrogens (tertiary/aromatic N) is 3. The van der Waals surface area contributed by atoms with Crippen LogP contribution >= 0.6 is 11.6 Å². The van der Waals surface area contributed by atoms with E-state index < -0.39 is 6.09 Å². The van der Waals surface area contributed by atoms with Gasteiger partial charge in [0.15, 0.2) is 0 Å². The maximum absolute atomic E-state index is 11.2. The predicted octanol–water partition coefficient (Wildman–Crippen LogP) is 3.36. The predicted molar refractivity (Wildman–Crippen MR) is 79.8 cm³/mol. The molecule has 0 unspecified atom stereocenters.